The lowest BCUT2D eigenvalue weighted by Gasteiger charge is -2.42. The molecule has 2 saturated heterocycles. The third-order valence-corrected chi connectivity index (χ3v) is 6.16. The number of carbonyl (C=O) groups is 1. The maximum absolute atomic E-state index is 12.7. The quantitative estimate of drug-likeness (QED) is 0.788. The molecule has 2 aliphatic rings. The molecule has 2 aliphatic heterocycles. The summed E-state index contributed by atoms with van der Waals surface area (Å²) in [5, 5.41) is 0. The molecule has 0 saturated carbocycles. The van der Waals surface area contributed by atoms with E-state index in [1.165, 1.54) is 29.5 Å². The van der Waals surface area contributed by atoms with Gasteiger partial charge < -0.3 is 0 Å². The Morgan fingerprint density at radius 3 is 2.48 bits per heavy atom. The molecule has 3 rings (SSSR count). The highest BCUT2D eigenvalue weighted by Crippen LogP contribution is 2.46. The minimum Gasteiger partial charge on any atom is -0.300 e. The zero-order valence-corrected chi connectivity index (χ0v) is 14.7. The van der Waals surface area contributed by atoms with Crippen molar-refractivity contribution in [2.45, 2.75) is 64.0 Å². The summed E-state index contributed by atoms with van der Waals surface area (Å²) in [4.78, 5) is 15.1. The topological polar surface area (TPSA) is 20.3 Å². The Bertz CT molecular complexity index is 588. The Hall–Kier alpha value is -1.41. The van der Waals surface area contributed by atoms with E-state index in [9.17, 15) is 4.79 Å². The van der Waals surface area contributed by atoms with Crippen molar-refractivity contribution in [3.63, 3.8) is 0 Å². The number of fused-ring (bicyclic) bond motifs is 2. The molecule has 0 N–H and O–H groups in total. The van der Waals surface area contributed by atoms with Crippen LogP contribution in [-0.2, 0) is 4.79 Å². The predicted molar refractivity (Wildman–Crippen MR) is 96.5 cm³/mol. The molecule has 0 spiro atoms. The molecule has 2 nitrogen and oxygen atoms in total. The summed E-state index contributed by atoms with van der Waals surface area (Å²) in [6.07, 6.45) is 5.18. The number of ketones is 1. The highest BCUT2D eigenvalue weighted by atomic mass is 16.1. The van der Waals surface area contributed by atoms with Gasteiger partial charge in [0.05, 0.1) is 0 Å². The van der Waals surface area contributed by atoms with Crippen LogP contribution in [0.4, 0.5) is 0 Å². The molecule has 0 amide bonds. The second kappa shape index (κ2) is 6.60. The molecular weight excluding hydrogens is 282 g/mol. The van der Waals surface area contributed by atoms with Gasteiger partial charge in [-0.2, -0.15) is 0 Å². The van der Waals surface area contributed by atoms with Crippen molar-refractivity contribution in [2.75, 3.05) is 7.05 Å². The molecule has 0 radical (unpaired) electrons. The van der Waals surface area contributed by atoms with Crippen molar-refractivity contribution in [2.24, 2.45) is 5.92 Å². The Morgan fingerprint density at radius 2 is 1.87 bits per heavy atom. The lowest BCUT2D eigenvalue weighted by molar-refractivity contribution is -0.126. The van der Waals surface area contributed by atoms with Crippen LogP contribution < -0.4 is 0 Å². The van der Waals surface area contributed by atoms with Gasteiger partial charge in [0.1, 0.15) is 5.78 Å². The minimum atomic E-state index is 0.170. The molecule has 23 heavy (non-hydrogen) atoms. The highest BCUT2D eigenvalue weighted by molar-refractivity contribution is 5.83. The average molecular weight is 311 g/mol. The summed E-state index contributed by atoms with van der Waals surface area (Å²) in [6.45, 7) is 8.27. The van der Waals surface area contributed by atoms with Crippen molar-refractivity contribution in [1.29, 1.82) is 0 Å². The molecule has 0 aromatic heterocycles. The van der Waals surface area contributed by atoms with Crippen molar-refractivity contribution in [3.05, 3.63) is 42.0 Å². The third kappa shape index (κ3) is 2.89. The van der Waals surface area contributed by atoms with Gasteiger partial charge in [-0.15, -0.1) is 0 Å². The van der Waals surface area contributed by atoms with E-state index in [0.717, 1.165) is 12.8 Å². The van der Waals surface area contributed by atoms with Crippen LogP contribution in [0, 0.1) is 5.92 Å². The maximum atomic E-state index is 12.7. The standard InChI is InChI=1S/C21H29NO/c1-5-14(3)15-7-9-16(10-8-15)18-13-17-11-12-19(22(17)4)21(18)20(23)6-2/h7-10,17-19,21H,3,5-6,11-13H2,1-2,4H3/t17?,18-,19-,21+/m1/s1. The van der Waals surface area contributed by atoms with E-state index in [1.807, 2.05) is 6.92 Å². The van der Waals surface area contributed by atoms with Crippen LogP contribution in [-0.4, -0.2) is 29.8 Å². The molecular formula is C21H29NO. The minimum absolute atomic E-state index is 0.170. The number of piperidine rings is 1. The van der Waals surface area contributed by atoms with Crippen LogP contribution in [0.3, 0.4) is 0 Å². The van der Waals surface area contributed by atoms with Gasteiger partial charge in [0, 0.05) is 24.4 Å². The first-order chi connectivity index (χ1) is 11.1. The number of carbonyl (C=O) groups excluding carboxylic acids is 1. The van der Waals surface area contributed by atoms with E-state index in [0.29, 0.717) is 30.2 Å². The van der Waals surface area contributed by atoms with Crippen LogP contribution in [0.2, 0.25) is 0 Å². The van der Waals surface area contributed by atoms with Gasteiger partial charge in [-0.3, -0.25) is 9.69 Å². The van der Waals surface area contributed by atoms with Crippen molar-refractivity contribution in [3.8, 4) is 0 Å². The lowest BCUT2D eigenvalue weighted by Crippen LogP contribution is -2.48. The van der Waals surface area contributed by atoms with E-state index in [-0.39, 0.29) is 5.92 Å². The highest BCUT2D eigenvalue weighted by Gasteiger charge is 2.48. The van der Waals surface area contributed by atoms with Crippen LogP contribution in [0.5, 0.6) is 0 Å². The van der Waals surface area contributed by atoms with Crippen molar-refractivity contribution >= 4 is 11.4 Å². The first kappa shape index (κ1) is 16.4. The lowest BCUT2D eigenvalue weighted by atomic mass is 9.73. The fraction of sp³-hybridized carbons (Fsp3) is 0.571. The Balaban J connectivity index is 1.90. The summed E-state index contributed by atoms with van der Waals surface area (Å²) in [5.41, 5.74) is 3.75. The number of hydrogen-bond donors (Lipinski definition) is 0. The fourth-order valence-electron chi connectivity index (χ4n) is 4.65. The molecule has 0 aliphatic carbocycles. The molecule has 2 fully saturated rings. The van der Waals surface area contributed by atoms with E-state index in [4.69, 9.17) is 0 Å². The number of benzene rings is 1. The van der Waals surface area contributed by atoms with E-state index >= 15 is 0 Å². The molecule has 1 unspecified atom stereocenters. The molecule has 4 atom stereocenters. The third-order valence-electron chi connectivity index (χ3n) is 6.16. The Kier molecular flexibility index (Phi) is 4.72. The summed E-state index contributed by atoms with van der Waals surface area (Å²) in [6, 6.07) is 9.94. The molecule has 2 heterocycles. The van der Waals surface area contributed by atoms with Crippen molar-refractivity contribution < 1.29 is 4.79 Å². The largest absolute Gasteiger partial charge is 0.300 e. The number of nitrogens with zero attached hydrogens (tertiary/aromatic N) is 1. The van der Waals surface area contributed by atoms with Crippen LogP contribution in [0.1, 0.15) is 63.0 Å². The fourth-order valence-corrected chi connectivity index (χ4v) is 4.65. The predicted octanol–water partition coefficient (Wildman–Crippen LogP) is 4.66. The number of allylic oxidation sites excluding steroid dienone is 1. The van der Waals surface area contributed by atoms with Crippen molar-refractivity contribution in [1.82, 2.24) is 4.90 Å². The van der Waals surface area contributed by atoms with E-state index in [1.54, 1.807) is 0 Å². The zero-order chi connectivity index (χ0) is 16.6. The SMILES string of the molecule is C=C(CC)c1ccc([C@H]2CC3CC[C@H]([C@H]2C(=O)CC)N3C)cc1. The van der Waals surface area contributed by atoms with Crippen LogP contribution >= 0.6 is 0 Å². The Labute approximate surface area is 140 Å². The first-order valence-corrected chi connectivity index (χ1v) is 9.09. The van der Waals surface area contributed by atoms with E-state index < -0.39 is 0 Å². The van der Waals surface area contributed by atoms with Gasteiger partial charge in [0.25, 0.3) is 0 Å². The monoisotopic (exact) mass is 311 g/mol. The number of Topliss-reactive ketones (excluding diaryl/α,β-unsaturated/α-hetero) is 1. The molecule has 1 aromatic carbocycles. The first-order valence-electron chi connectivity index (χ1n) is 9.09. The smallest absolute Gasteiger partial charge is 0.137 e. The van der Waals surface area contributed by atoms with Gasteiger partial charge in [0.15, 0.2) is 0 Å². The summed E-state index contributed by atoms with van der Waals surface area (Å²) >= 11 is 0. The molecule has 2 heteroatoms. The van der Waals surface area contributed by atoms with Gasteiger partial charge in [0.2, 0.25) is 0 Å². The van der Waals surface area contributed by atoms with Gasteiger partial charge in [-0.1, -0.05) is 44.7 Å². The summed E-state index contributed by atoms with van der Waals surface area (Å²) in [7, 11) is 2.21. The zero-order valence-electron chi connectivity index (χ0n) is 14.7. The Morgan fingerprint density at radius 1 is 1.17 bits per heavy atom. The van der Waals surface area contributed by atoms with Gasteiger partial charge >= 0.3 is 0 Å². The molecule has 2 bridgehead atoms. The molecule has 124 valence electrons. The summed E-state index contributed by atoms with van der Waals surface area (Å²) in [5.74, 6) is 0.998. The van der Waals surface area contributed by atoms with Gasteiger partial charge in [-0.05, 0) is 55.3 Å². The van der Waals surface area contributed by atoms with Gasteiger partial charge in [-0.25, -0.2) is 0 Å². The number of rotatable bonds is 5. The second-order valence-electron chi connectivity index (χ2n) is 7.23. The normalized spacial score (nSPS) is 30.4. The number of hydrogen-bond acceptors (Lipinski definition) is 2. The maximum Gasteiger partial charge on any atom is 0.137 e. The second-order valence-corrected chi connectivity index (χ2v) is 7.23. The molecule has 1 aromatic rings. The summed E-state index contributed by atoms with van der Waals surface area (Å²) < 4.78 is 0. The average Bonchev–Trinajstić information content (AvgIpc) is 2.83. The van der Waals surface area contributed by atoms with Crippen LogP contribution in [0.15, 0.2) is 30.8 Å². The van der Waals surface area contributed by atoms with Crippen LogP contribution in [0.25, 0.3) is 5.57 Å². The van der Waals surface area contributed by atoms with E-state index in [2.05, 4.69) is 49.7 Å².